The molecule has 7 heteroatoms. The summed E-state index contributed by atoms with van der Waals surface area (Å²) in [5, 5.41) is 22.0. The summed E-state index contributed by atoms with van der Waals surface area (Å²) in [7, 11) is 0. The van der Waals surface area contributed by atoms with Gasteiger partial charge >= 0.3 is 11.9 Å². The van der Waals surface area contributed by atoms with Gasteiger partial charge in [-0.1, -0.05) is 19.9 Å². The third-order valence-electron chi connectivity index (χ3n) is 3.92. The number of carboxylic acid groups (broad SMARTS) is 2. The number of nitrogens with one attached hydrogen (secondary N) is 1. The first-order valence-electron chi connectivity index (χ1n) is 7.93. The Hall–Kier alpha value is -2.51. The largest absolute Gasteiger partial charge is 0.478 e. The monoisotopic (exact) mass is 377 g/mol. The van der Waals surface area contributed by atoms with Crippen molar-refractivity contribution >= 4 is 38.9 Å². The molecule has 0 spiro atoms. The van der Waals surface area contributed by atoms with E-state index < -0.39 is 11.9 Å². The smallest absolute Gasteiger partial charge is 0.328 e. The highest BCUT2D eigenvalue weighted by Crippen LogP contribution is 2.40. The van der Waals surface area contributed by atoms with Crippen LogP contribution in [0.4, 0.5) is 4.39 Å². The number of halogens is 1. The zero-order valence-electron chi connectivity index (χ0n) is 14.5. The van der Waals surface area contributed by atoms with Crippen molar-refractivity contribution in [3.05, 3.63) is 53.2 Å². The number of thiophene rings is 1. The molecule has 0 bridgehead atoms. The minimum absolute atomic E-state index is 0.0446. The van der Waals surface area contributed by atoms with E-state index in [0.717, 1.165) is 24.0 Å². The molecule has 0 unspecified atom stereocenters. The average molecular weight is 377 g/mol. The predicted octanol–water partition coefficient (Wildman–Crippen LogP) is 3.77. The Morgan fingerprint density at radius 3 is 2.46 bits per heavy atom. The molecule has 138 valence electrons. The van der Waals surface area contributed by atoms with Crippen molar-refractivity contribution in [2.75, 3.05) is 13.1 Å². The normalized spacial score (nSPS) is 16.0. The molecule has 3 N–H and O–H groups in total. The Morgan fingerprint density at radius 1 is 1.23 bits per heavy atom. The van der Waals surface area contributed by atoms with Crippen LogP contribution in [0.15, 0.2) is 41.8 Å². The lowest BCUT2D eigenvalue weighted by atomic mass is 9.78. The Bertz CT molecular complexity index is 867. The summed E-state index contributed by atoms with van der Waals surface area (Å²) in [6.07, 6.45) is 3.31. The highest BCUT2D eigenvalue weighted by molar-refractivity contribution is 7.17. The lowest BCUT2D eigenvalue weighted by molar-refractivity contribution is -0.134. The van der Waals surface area contributed by atoms with Crippen LogP contribution in [0.2, 0.25) is 0 Å². The van der Waals surface area contributed by atoms with Crippen LogP contribution in [0, 0.1) is 11.2 Å². The van der Waals surface area contributed by atoms with Gasteiger partial charge in [-0.25, -0.2) is 14.0 Å². The quantitative estimate of drug-likeness (QED) is 0.709. The van der Waals surface area contributed by atoms with Crippen molar-refractivity contribution in [2.45, 2.75) is 13.8 Å². The van der Waals surface area contributed by atoms with Crippen LogP contribution < -0.4 is 5.32 Å². The Kier molecular flexibility index (Phi) is 6.28. The van der Waals surface area contributed by atoms with E-state index in [2.05, 4.69) is 25.2 Å². The van der Waals surface area contributed by atoms with Gasteiger partial charge in [-0.3, -0.25) is 0 Å². The molecule has 1 aromatic carbocycles. The third-order valence-corrected chi connectivity index (χ3v) is 4.88. The van der Waals surface area contributed by atoms with Crippen LogP contribution in [-0.4, -0.2) is 35.2 Å². The Morgan fingerprint density at radius 2 is 1.88 bits per heavy atom. The second-order valence-electron chi connectivity index (χ2n) is 6.43. The van der Waals surface area contributed by atoms with Gasteiger partial charge in [0.15, 0.2) is 0 Å². The number of aliphatic carboxylic acids is 2. The summed E-state index contributed by atoms with van der Waals surface area (Å²) in [6, 6.07) is 5.28. The van der Waals surface area contributed by atoms with Gasteiger partial charge in [-0.15, -0.1) is 11.3 Å². The molecule has 1 aromatic heterocycles. The van der Waals surface area contributed by atoms with Gasteiger partial charge in [0.1, 0.15) is 5.82 Å². The fourth-order valence-electron chi connectivity index (χ4n) is 2.79. The molecule has 5 nitrogen and oxygen atoms in total. The standard InChI is InChI=1S/C15H16FNS.C4H4O4/c1-15(2)9-17-5-3-13(15)12-8-11(16)7-10-4-6-18-14(10)12;5-3(6)1-2-4(7)8/h3-4,6-8,17H,5,9H2,1-2H3;1-2H,(H,5,6)(H,7,8)/b;2-1+. The number of fused-ring (bicyclic) bond motifs is 1. The average Bonchev–Trinajstić information content (AvgIpc) is 3.01. The first kappa shape index (κ1) is 19.8. The minimum Gasteiger partial charge on any atom is -0.478 e. The fraction of sp³-hybridized carbons (Fsp3) is 0.263. The molecule has 0 saturated carbocycles. The molecule has 2 heterocycles. The van der Waals surface area contributed by atoms with Crippen LogP contribution in [-0.2, 0) is 9.59 Å². The molecule has 26 heavy (non-hydrogen) atoms. The molecule has 0 saturated heterocycles. The van der Waals surface area contributed by atoms with Crippen molar-refractivity contribution in [3.63, 3.8) is 0 Å². The van der Waals surface area contributed by atoms with E-state index in [0.29, 0.717) is 12.2 Å². The second kappa shape index (κ2) is 8.25. The van der Waals surface area contributed by atoms with Crippen molar-refractivity contribution < 1.29 is 24.2 Å². The maximum Gasteiger partial charge on any atom is 0.328 e. The SMILES string of the molecule is CC1(C)CNCC=C1c1cc(F)cc2ccsc12.O=C(O)/C=C/C(=O)O. The Balaban J connectivity index is 0.000000260. The van der Waals surface area contributed by atoms with Crippen LogP contribution >= 0.6 is 11.3 Å². The zero-order chi connectivity index (χ0) is 19.3. The summed E-state index contributed by atoms with van der Waals surface area (Å²) in [5.41, 5.74) is 2.36. The third kappa shape index (κ3) is 5.00. The number of hydrogen-bond acceptors (Lipinski definition) is 4. The first-order chi connectivity index (χ1) is 12.2. The minimum atomic E-state index is -1.26. The van der Waals surface area contributed by atoms with Gasteiger partial charge in [0.2, 0.25) is 0 Å². The number of benzene rings is 1. The van der Waals surface area contributed by atoms with Gasteiger partial charge in [0.05, 0.1) is 0 Å². The molecule has 1 aliphatic rings. The molecule has 0 fully saturated rings. The van der Waals surface area contributed by atoms with Crippen LogP contribution in [0.3, 0.4) is 0 Å². The summed E-state index contributed by atoms with van der Waals surface area (Å²) < 4.78 is 14.9. The highest BCUT2D eigenvalue weighted by atomic mass is 32.1. The molecular weight excluding hydrogens is 357 g/mol. The maximum absolute atomic E-state index is 13.7. The molecule has 0 radical (unpaired) electrons. The van der Waals surface area contributed by atoms with E-state index in [4.69, 9.17) is 10.2 Å². The number of carbonyl (C=O) groups is 2. The van der Waals surface area contributed by atoms with E-state index in [1.54, 1.807) is 23.5 Å². The molecule has 3 rings (SSSR count). The van der Waals surface area contributed by atoms with E-state index in [1.807, 2.05) is 11.4 Å². The van der Waals surface area contributed by atoms with Crippen molar-refractivity contribution in [3.8, 4) is 0 Å². The van der Waals surface area contributed by atoms with E-state index in [-0.39, 0.29) is 11.2 Å². The predicted molar refractivity (Wildman–Crippen MR) is 101 cm³/mol. The number of carboxylic acids is 2. The summed E-state index contributed by atoms with van der Waals surface area (Å²) in [6.45, 7) is 6.20. The van der Waals surface area contributed by atoms with Crippen LogP contribution in [0.5, 0.6) is 0 Å². The molecule has 0 aliphatic carbocycles. The number of hydrogen-bond donors (Lipinski definition) is 3. The second-order valence-corrected chi connectivity index (χ2v) is 7.35. The van der Waals surface area contributed by atoms with Crippen LogP contribution in [0.1, 0.15) is 19.4 Å². The van der Waals surface area contributed by atoms with Gasteiger partial charge in [-0.2, -0.15) is 0 Å². The van der Waals surface area contributed by atoms with Gasteiger partial charge in [-0.05, 0) is 40.1 Å². The maximum atomic E-state index is 13.7. The summed E-state index contributed by atoms with van der Waals surface area (Å²) in [4.78, 5) is 19.1. The molecular formula is C19H20FNO4S. The van der Waals surface area contributed by atoms with Gasteiger partial charge in [0.25, 0.3) is 0 Å². The topological polar surface area (TPSA) is 86.6 Å². The first-order valence-corrected chi connectivity index (χ1v) is 8.81. The zero-order valence-corrected chi connectivity index (χ0v) is 15.3. The van der Waals surface area contributed by atoms with Crippen molar-refractivity contribution in [1.82, 2.24) is 5.32 Å². The number of rotatable bonds is 3. The van der Waals surface area contributed by atoms with Crippen LogP contribution in [0.25, 0.3) is 15.7 Å². The fourth-order valence-corrected chi connectivity index (χ4v) is 3.70. The van der Waals surface area contributed by atoms with Gasteiger partial charge in [0, 0.05) is 35.4 Å². The van der Waals surface area contributed by atoms with E-state index in [9.17, 15) is 14.0 Å². The Labute approximate surface area is 154 Å². The molecule has 0 atom stereocenters. The molecule has 1 aliphatic heterocycles. The van der Waals surface area contributed by atoms with Gasteiger partial charge < -0.3 is 15.5 Å². The summed E-state index contributed by atoms with van der Waals surface area (Å²) in [5.74, 6) is -2.66. The molecule has 2 aromatic rings. The van der Waals surface area contributed by atoms with E-state index in [1.165, 1.54) is 10.3 Å². The van der Waals surface area contributed by atoms with E-state index >= 15 is 0 Å². The van der Waals surface area contributed by atoms with Crippen molar-refractivity contribution in [2.24, 2.45) is 5.41 Å². The lowest BCUT2D eigenvalue weighted by Gasteiger charge is -2.33. The summed E-state index contributed by atoms with van der Waals surface area (Å²) >= 11 is 1.69. The van der Waals surface area contributed by atoms with Crippen molar-refractivity contribution in [1.29, 1.82) is 0 Å². The lowest BCUT2D eigenvalue weighted by Crippen LogP contribution is -2.35. The highest BCUT2D eigenvalue weighted by Gasteiger charge is 2.28. The molecule has 0 amide bonds.